The lowest BCUT2D eigenvalue weighted by molar-refractivity contribution is -0.871. The average Bonchev–Trinajstić information content (AvgIpc) is 2.25. The molecule has 1 atom stereocenters. The third-order valence-electron chi connectivity index (χ3n) is 2.45. The standard InChI is InChI=1S/C14H23N2O2/c1-16(2,3)10-13(15)9-14(17)18-11-12-7-5-4-6-8-12/h4-8,13H,9-11,15H2,1-3H3/q+1/t13-/m1/s1. The van der Waals surface area contributed by atoms with Crippen LogP contribution in [0.25, 0.3) is 0 Å². The molecule has 0 aromatic heterocycles. The van der Waals surface area contributed by atoms with Crippen molar-refractivity contribution in [3.8, 4) is 0 Å². The van der Waals surface area contributed by atoms with Crippen LogP contribution in [0.5, 0.6) is 0 Å². The minimum Gasteiger partial charge on any atom is -0.461 e. The lowest BCUT2D eigenvalue weighted by Gasteiger charge is -2.26. The van der Waals surface area contributed by atoms with Crippen LogP contribution >= 0.6 is 0 Å². The highest BCUT2D eigenvalue weighted by Crippen LogP contribution is 2.03. The second kappa shape index (κ2) is 6.52. The summed E-state index contributed by atoms with van der Waals surface area (Å²) in [6, 6.07) is 9.48. The van der Waals surface area contributed by atoms with Crippen LogP contribution in [0.1, 0.15) is 12.0 Å². The van der Waals surface area contributed by atoms with Crippen molar-refractivity contribution < 1.29 is 14.0 Å². The minimum absolute atomic E-state index is 0.159. The largest absolute Gasteiger partial charge is 0.461 e. The molecule has 1 aromatic rings. The lowest BCUT2D eigenvalue weighted by Crippen LogP contribution is -2.45. The van der Waals surface area contributed by atoms with Gasteiger partial charge in [0.1, 0.15) is 6.61 Å². The Labute approximate surface area is 109 Å². The number of hydrogen-bond acceptors (Lipinski definition) is 3. The van der Waals surface area contributed by atoms with Gasteiger partial charge in [-0.3, -0.25) is 4.79 Å². The predicted octanol–water partition coefficient (Wildman–Crippen LogP) is 1.15. The first-order valence-electron chi connectivity index (χ1n) is 6.12. The topological polar surface area (TPSA) is 52.3 Å². The van der Waals surface area contributed by atoms with Crippen molar-refractivity contribution in [1.82, 2.24) is 0 Å². The highest BCUT2D eigenvalue weighted by Gasteiger charge is 2.18. The third kappa shape index (κ3) is 6.37. The monoisotopic (exact) mass is 251 g/mol. The Balaban J connectivity index is 2.30. The van der Waals surface area contributed by atoms with Crippen molar-refractivity contribution in [2.75, 3.05) is 27.7 Å². The number of ether oxygens (including phenoxy) is 1. The van der Waals surface area contributed by atoms with Crippen LogP contribution in [0.2, 0.25) is 0 Å². The SMILES string of the molecule is C[N+](C)(C)C[C@H](N)CC(=O)OCc1ccccc1. The minimum atomic E-state index is -0.236. The molecule has 100 valence electrons. The van der Waals surface area contributed by atoms with Crippen molar-refractivity contribution in [2.45, 2.75) is 19.1 Å². The van der Waals surface area contributed by atoms with E-state index >= 15 is 0 Å². The van der Waals surface area contributed by atoms with Gasteiger partial charge in [-0.15, -0.1) is 0 Å². The number of rotatable bonds is 6. The maximum absolute atomic E-state index is 11.6. The fourth-order valence-corrected chi connectivity index (χ4v) is 1.78. The molecular formula is C14H23N2O2+. The molecule has 0 spiro atoms. The number of hydrogen-bond donors (Lipinski definition) is 1. The molecule has 0 fully saturated rings. The van der Waals surface area contributed by atoms with E-state index < -0.39 is 0 Å². The predicted molar refractivity (Wildman–Crippen MR) is 71.7 cm³/mol. The van der Waals surface area contributed by atoms with Gasteiger partial charge in [-0.2, -0.15) is 0 Å². The molecule has 0 heterocycles. The number of esters is 1. The zero-order valence-electron chi connectivity index (χ0n) is 11.4. The van der Waals surface area contributed by atoms with E-state index in [4.69, 9.17) is 10.5 Å². The van der Waals surface area contributed by atoms with Crippen LogP contribution in [-0.4, -0.2) is 44.2 Å². The molecule has 0 bridgehead atoms. The lowest BCUT2D eigenvalue weighted by atomic mass is 10.2. The number of nitrogens with two attached hydrogens (primary N) is 1. The van der Waals surface area contributed by atoms with E-state index in [-0.39, 0.29) is 18.4 Å². The summed E-state index contributed by atoms with van der Waals surface area (Å²) in [5.74, 6) is -0.236. The van der Waals surface area contributed by atoms with Gasteiger partial charge in [0.15, 0.2) is 0 Å². The van der Waals surface area contributed by atoms with Gasteiger partial charge >= 0.3 is 5.97 Å². The van der Waals surface area contributed by atoms with Gasteiger partial charge in [0.25, 0.3) is 0 Å². The van der Waals surface area contributed by atoms with E-state index in [0.29, 0.717) is 6.61 Å². The van der Waals surface area contributed by atoms with Crippen LogP contribution in [0.4, 0.5) is 0 Å². The van der Waals surface area contributed by atoms with Gasteiger partial charge in [-0.25, -0.2) is 0 Å². The summed E-state index contributed by atoms with van der Waals surface area (Å²) in [7, 11) is 6.15. The maximum Gasteiger partial charge on any atom is 0.307 e. The van der Waals surface area contributed by atoms with Crippen molar-refractivity contribution in [2.24, 2.45) is 5.73 Å². The first kappa shape index (κ1) is 14.7. The first-order valence-corrected chi connectivity index (χ1v) is 6.12. The molecule has 18 heavy (non-hydrogen) atoms. The summed E-state index contributed by atoms with van der Waals surface area (Å²) in [4.78, 5) is 11.6. The smallest absolute Gasteiger partial charge is 0.307 e. The van der Waals surface area contributed by atoms with Gasteiger partial charge < -0.3 is 15.0 Å². The summed E-state index contributed by atoms with van der Waals surface area (Å²) in [6.45, 7) is 1.07. The summed E-state index contributed by atoms with van der Waals surface area (Å²) in [5.41, 5.74) is 6.90. The fraction of sp³-hybridized carbons (Fsp3) is 0.500. The number of nitrogens with zero attached hydrogens (tertiary/aromatic N) is 1. The van der Waals surface area contributed by atoms with Crippen LogP contribution in [0.3, 0.4) is 0 Å². The summed E-state index contributed by atoms with van der Waals surface area (Å²) >= 11 is 0. The Bertz CT molecular complexity index is 371. The van der Waals surface area contributed by atoms with E-state index in [9.17, 15) is 4.79 Å². The average molecular weight is 251 g/mol. The molecule has 4 heteroatoms. The molecule has 1 aromatic carbocycles. The Morgan fingerprint density at radius 2 is 1.89 bits per heavy atom. The van der Waals surface area contributed by atoms with Crippen molar-refractivity contribution >= 4 is 5.97 Å². The third-order valence-corrected chi connectivity index (χ3v) is 2.45. The molecule has 2 N–H and O–H groups in total. The molecule has 0 amide bonds. The summed E-state index contributed by atoms with van der Waals surface area (Å²) < 4.78 is 5.93. The molecule has 0 saturated carbocycles. The fourth-order valence-electron chi connectivity index (χ4n) is 1.78. The van der Waals surface area contributed by atoms with Crippen molar-refractivity contribution in [1.29, 1.82) is 0 Å². The van der Waals surface area contributed by atoms with E-state index in [1.54, 1.807) is 0 Å². The number of benzene rings is 1. The highest BCUT2D eigenvalue weighted by atomic mass is 16.5. The van der Waals surface area contributed by atoms with Crippen molar-refractivity contribution in [3.63, 3.8) is 0 Å². The molecular weight excluding hydrogens is 228 g/mol. The number of likely N-dealkylation sites (N-methyl/N-ethyl adjacent to an activating group) is 1. The van der Waals surface area contributed by atoms with Gasteiger partial charge in [0, 0.05) is 0 Å². The molecule has 0 aliphatic heterocycles. The van der Waals surface area contributed by atoms with Crippen LogP contribution < -0.4 is 5.73 Å². The highest BCUT2D eigenvalue weighted by molar-refractivity contribution is 5.70. The normalized spacial score (nSPS) is 13.1. The van der Waals surface area contributed by atoms with Crippen LogP contribution in [-0.2, 0) is 16.1 Å². The molecule has 4 nitrogen and oxygen atoms in total. The van der Waals surface area contributed by atoms with Gasteiger partial charge in [-0.1, -0.05) is 30.3 Å². The Kier molecular flexibility index (Phi) is 5.31. The molecule has 0 aliphatic rings. The molecule has 0 radical (unpaired) electrons. The Hall–Kier alpha value is -1.39. The molecule has 0 saturated heterocycles. The van der Waals surface area contributed by atoms with E-state index in [1.807, 2.05) is 30.3 Å². The zero-order valence-corrected chi connectivity index (χ0v) is 11.4. The molecule has 0 aliphatic carbocycles. The van der Waals surface area contributed by atoms with Gasteiger partial charge in [0.05, 0.1) is 40.2 Å². The number of quaternary nitrogens is 1. The molecule has 0 unspecified atom stereocenters. The zero-order chi connectivity index (χ0) is 13.6. The molecule has 1 rings (SSSR count). The van der Waals surface area contributed by atoms with E-state index in [2.05, 4.69) is 21.1 Å². The second-order valence-corrected chi connectivity index (χ2v) is 5.58. The van der Waals surface area contributed by atoms with Crippen LogP contribution in [0.15, 0.2) is 30.3 Å². The van der Waals surface area contributed by atoms with E-state index in [1.165, 1.54) is 0 Å². The Morgan fingerprint density at radius 1 is 1.28 bits per heavy atom. The summed E-state index contributed by atoms with van der Waals surface area (Å²) in [5, 5.41) is 0. The second-order valence-electron chi connectivity index (χ2n) is 5.58. The number of carbonyl (C=O) groups is 1. The summed E-state index contributed by atoms with van der Waals surface area (Å²) in [6.07, 6.45) is 0.266. The maximum atomic E-state index is 11.6. The van der Waals surface area contributed by atoms with Gasteiger partial charge in [-0.05, 0) is 5.56 Å². The number of carbonyl (C=O) groups excluding carboxylic acids is 1. The quantitative estimate of drug-likeness (QED) is 0.609. The first-order chi connectivity index (χ1) is 8.37. The van der Waals surface area contributed by atoms with Gasteiger partial charge in [0.2, 0.25) is 0 Å². The van der Waals surface area contributed by atoms with Crippen LogP contribution in [0, 0.1) is 0 Å². The van der Waals surface area contributed by atoms with Crippen molar-refractivity contribution in [3.05, 3.63) is 35.9 Å². The Morgan fingerprint density at radius 3 is 2.44 bits per heavy atom. The van der Waals surface area contributed by atoms with E-state index in [0.717, 1.165) is 16.6 Å².